The summed E-state index contributed by atoms with van der Waals surface area (Å²) in [6.45, 7) is 83.7. The van der Waals surface area contributed by atoms with E-state index in [1.807, 2.05) is 46.8 Å². The van der Waals surface area contributed by atoms with Crippen molar-refractivity contribution in [3.05, 3.63) is 0 Å². The lowest BCUT2D eigenvalue weighted by Gasteiger charge is -2.32. The van der Waals surface area contributed by atoms with Crippen LogP contribution in [0.25, 0.3) is 0 Å². The maximum Gasteiger partial charge on any atom is 0.122 e. The summed E-state index contributed by atoms with van der Waals surface area (Å²) in [6.07, 6.45) is 11.2. The Hall–Kier alpha value is -0.750. The fraction of sp³-hybridized carbons (Fsp3) is 1.00. The summed E-state index contributed by atoms with van der Waals surface area (Å²) in [4.78, 5) is 20.3. The molecular weight excluding hydrogens is 1310 g/mol. The first-order valence-corrected chi connectivity index (χ1v) is 40.6. The Bertz CT molecular complexity index is 1890. The molecule has 0 bridgehead atoms. The van der Waals surface area contributed by atoms with Crippen molar-refractivity contribution < 1.29 is 42.3 Å². The van der Waals surface area contributed by atoms with Crippen LogP contribution >= 0.6 is 0 Å². The first-order valence-electron chi connectivity index (χ1n) is 40.6. The molecule has 0 aromatic rings. The van der Waals surface area contributed by atoms with E-state index in [-0.39, 0.29) is 50.9 Å². The van der Waals surface area contributed by atoms with Gasteiger partial charge in [-0.1, -0.05) is 20.8 Å². The van der Waals surface area contributed by atoms with Gasteiger partial charge in [-0.25, -0.2) is 4.39 Å². The fourth-order valence-electron chi connectivity index (χ4n) is 10.4. The third-order valence-corrected chi connectivity index (χ3v) is 17.0. The van der Waals surface area contributed by atoms with Gasteiger partial charge in [-0.2, -0.15) is 0 Å². The van der Waals surface area contributed by atoms with Gasteiger partial charge in [0, 0.05) is 82.0 Å². The maximum absolute atomic E-state index is 13.6. The van der Waals surface area contributed by atoms with Gasteiger partial charge in [0.05, 0.1) is 90.6 Å². The van der Waals surface area contributed by atoms with Crippen molar-refractivity contribution in [2.75, 3.05) is 196 Å². The molecule has 4 aliphatic heterocycles. The van der Waals surface area contributed by atoms with Crippen molar-refractivity contribution in [3.63, 3.8) is 0 Å². The molecule has 18 heteroatoms. The van der Waals surface area contributed by atoms with E-state index in [0.29, 0.717) is 49.3 Å². The van der Waals surface area contributed by atoms with Gasteiger partial charge in [0.15, 0.2) is 0 Å². The molecule has 4 fully saturated rings. The second kappa shape index (κ2) is 54.8. The van der Waals surface area contributed by atoms with Gasteiger partial charge in [-0.3, -0.25) is 4.90 Å². The largest absolute Gasteiger partial charge is 0.376 e. The third-order valence-electron chi connectivity index (χ3n) is 17.0. The van der Waals surface area contributed by atoms with Crippen LogP contribution in [-0.4, -0.2) is 327 Å². The highest BCUT2D eigenvalue weighted by Gasteiger charge is 2.39. The predicted molar refractivity (Wildman–Crippen MR) is 453 cm³/mol. The van der Waals surface area contributed by atoms with E-state index in [1.165, 1.54) is 71.0 Å². The van der Waals surface area contributed by atoms with Gasteiger partial charge in [-0.05, 0) is 369 Å². The lowest BCUT2D eigenvalue weighted by atomic mass is 10.1. The van der Waals surface area contributed by atoms with Gasteiger partial charge >= 0.3 is 0 Å². The van der Waals surface area contributed by atoms with E-state index < -0.39 is 5.67 Å². The van der Waals surface area contributed by atoms with E-state index in [2.05, 4.69) is 296 Å². The summed E-state index contributed by atoms with van der Waals surface area (Å²) in [5.74, 6) is 0.804. The Morgan fingerprint density at radius 1 is 0.404 bits per heavy atom. The van der Waals surface area contributed by atoms with Crippen molar-refractivity contribution in [1.82, 2.24) is 44.1 Å². The van der Waals surface area contributed by atoms with Gasteiger partial charge < -0.3 is 77.1 Å². The molecule has 0 aliphatic carbocycles. The van der Waals surface area contributed by atoms with Gasteiger partial charge in [-0.15, -0.1) is 0 Å². The normalized spacial score (nSPS) is 20.8. The van der Waals surface area contributed by atoms with Crippen LogP contribution in [0.5, 0.6) is 0 Å². The van der Waals surface area contributed by atoms with Crippen LogP contribution < -0.4 is 0 Å². The summed E-state index contributed by atoms with van der Waals surface area (Å²) in [5, 5.41) is 0. The molecule has 0 N–H and O–H groups in total. The minimum Gasteiger partial charge on any atom is -0.376 e. The van der Waals surface area contributed by atoms with Crippen LogP contribution in [0, 0.1) is 5.92 Å². The molecule has 4 saturated heterocycles. The molecule has 4 rings (SSSR count). The highest BCUT2D eigenvalue weighted by Crippen LogP contribution is 2.30. The van der Waals surface area contributed by atoms with Crippen LogP contribution in [0.2, 0.25) is 0 Å². The molecule has 4 aliphatic rings. The first-order chi connectivity index (χ1) is 46.6. The average Bonchev–Trinajstić information content (AvgIpc) is 1.70. The number of rotatable bonds is 25. The molecule has 4 heterocycles. The summed E-state index contributed by atoms with van der Waals surface area (Å²) in [7, 11) is 25.2. The summed E-state index contributed by atoms with van der Waals surface area (Å²) >= 11 is 0. The Kier molecular flexibility index (Phi) is 59.0. The van der Waals surface area contributed by atoms with E-state index in [9.17, 15) is 4.39 Å². The first kappa shape index (κ1) is 112. The summed E-state index contributed by atoms with van der Waals surface area (Å²) in [6, 6.07) is 2.20. The number of halogens is 1. The van der Waals surface area contributed by atoms with Gasteiger partial charge in [0.1, 0.15) is 5.67 Å². The number of alkyl halides is 1. The Morgan fingerprint density at radius 2 is 0.721 bits per heavy atom. The van der Waals surface area contributed by atoms with Crippen LogP contribution in [-0.2, 0) is 37.9 Å². The number of likely N-dealkylation sites (tertiary alicyclic amines) is 4. The monoisotopic (exact) mass is 1500 g/mol. The second-order valence-electron chi connectivity index (χ2n) is 40.5. The topological polar surface area (TPSA) is 103 Å². The zero-order valence-electron chi connectivity index (χ0n) is 78.5. The minimum absolute atomic E-state index is 0.00851. The second-order valence-corrected chi connectivity index (χ2v) is 40.5. The highest BCUT2D eigenvalue weighted by atomic mass is 19.1. The maximum atomic E-state index is 13.6. The van der Waals surface area contributed by atoms with Crippen LogP contribution in [0.3, 0.4) is 0 Å². The fourth-order valence-corrected chi connectivity index (χ4v) is 10.4. The molecule has 4 unspecified atom stereocenters. The summed E-state index contributed by atoms with van der Waals surface area (Å²) in [5.41, 5.74) is -0.778. The molecular formula is C86H190FN9O8. The van der Waals surface area contributed by atoms with Crippen molar-refractivity contribution in [2.24, 2.45) is 5.92 Å². The van der Waals surface area contributed by atoms with Crippen LogP contribution in [0.1, 0.15) is 279 Å². The molecule has 634 valence electrons. The predicted octanol–water partition coefficient (Wildman–Crippen LogP) is 17.3. The lowest BCUT2D eigenvalue weighted by molar-refractivity contribution is -0.0587. The number of ether oxygens (including phenoxy) is 8. The third kappa shape index (κ3) is 82.2. The molecule has 0 amide bonds. The Morgan fingerprint density at radius 3 is 0.962 bits per heavy atom. The lowest BCUT2D eigenvalue weighted by Crippen LogP contribution is -2.41. The van der Waals surface area contributed by atoms with Crippen molar-refractivity contribution in [2.45, 2.75) is 366 Å². The number of hydrogen-bond donors (Lipinski definition) is 0. The molecule has 0 radical (unpaired) electrons. The molecule has 0 aromatic carbocycles. The smallest absolute Gasteiger partial charge is 0.122 e. The molecule has 0 aromatic heterocycles. The van der Waals surface area contributed by atoms with Crippen molar-refractivity contribution >= 4 is 0 Å². The van der Waals surface area contributed by atoms with E-state index in [4.69, 9.17) is 37.9 Å². The SMILES string of the molecule is CC(C)CCCOC(C)(C)C.CC(CN(C)C)OC(C)(C)C.CCN(C)CCOC(C)(C)C.CN(C)CCN(C)C(C)(C)C.CN(C)CCOC(C)(C)C.CN1CC(C)(F)C[C@H]1COC(C)(C)C.CN1CCCC1COC(C)(C)C.CN1CCCC1COC(C)(C)C.CN1CCC[C@H]1COC(C)(C)C. The molecule has 17 nitrogen and oxygen atoms in total. The van der Waals surface area contributed by atoms with E-state index in [1.54, 1.807) is 6.92 Å². The minimum atomic E-state index is -1.04. The van der Waals surface area contributed by atoms with Crippen LogP contribution in [0.15, 0.2) is 0 Å². The number of hydrogen-bond acceptors (Lipinski definition) is 17. The number of likely N-dealkylation sites (N-methyl/N-ethyl adjacent to an activating group) is 9. The Balaban J connectivity index is -0.000000354. The van der Waals surface area contributed by atoms with Gasteiger partial charge in [0.25, 0.3) is 0 Å². The van der Waals surface area contributed by atoms with E-state index >= 15 is 0 Å². The van der Waals surface area contributed by atoms with Gasteiger partial charge in [0.2, 0.25) is 0 Å². The standard InChI is InChI=1S/C11H22FNO.3C10H21NO.C10H22O.C9H22N2.2C9H21NO.C8H19NO/c1-10(2,3)14-7-9-6-11(4,12)8-13(9)5;3*1-10(2,3)12-8-9-6-5-7-11(9)4;1-9(2)7-6-8-11-10(3,4)5;1-9(2,3)11(6)8-7-10(4)5;1-8(7-10(5)6)11-9(2,3)4;1-6-10(5)7-8-11-9(2,3)4;1-8(2,3)10-7-6-9(4)5/h9H,6-8H2,1-5H3;3*9H,5-8H2,1-4H3;9H,6-8H2,1-5H3;7-8H2,1-6H3;8H,7H2,1-6H3;6-8H2,1-5H3;6-7H2,1-5H3/t9-,11?;9-;;;;;;;/m00......./s1. The van der Waals surface area contributed by atoms with Crippen molar-refractivity contribution in [3.8, 4) is 0 Å². The summed E-state index contributed by atoms with van der Waals surface area (Å²) < 4.78 is 58.9. The molecule has 0 spiro atoms. The van der Waals surface area contributed by atoms with Crippen LogP contribution in [0.4, 0.5) is 4.39 Å². The Labute approximate surface area is 651 Å². The van der Waals surface area contributed by atoms with Crippen molar-refractivity contribution in [1.29, 1.82) is 0 Å². The average molecular weight is 1500 g/mol. The quantitative estimate of drug-likeness (QED) is 0.0809. The number of nitrogens with zero attached hydrogens (tertiary/aromatic N) is 9. The molecule has 6 atom stereocenters. The zero-order valence-corrected chi connectivity index (χ0v) is 78.5. The van der Waals surface area contributed by atoms with E-state index in [0.717, 1.165) is 84.8 Å². The molecule has 0 saturated carbocycles. The molecule has 104 heavy (non-hydrogen) atoms. The highest BCUT2D eigenvalue weighted by molar-refractivity contribution is 4.93. The zero-order chi connectivity index (χ0) is 82.7.